The number of hydrogen-bond donors (Lipinski definition) is 2. The Morgan fingerprint density at radius 3 is 2.52 bits per heavy atom. The van der Waals surface area contributed by atoms with Crippen LogP contribution in [0.4, 0.5) is 16.2 Å². The summed E-state index contributed by atoms with van der Waals surface area (Å²) in [4.78, 5) is 27.8. The molecule has 0 aliphatic carbocycles. The average Bonchev–Trinajstić information content (AvgIpc) is 2.68. The second-order valence-electron chi connectivity index (χ2n) is 6.25. The number of primary amides is 1. The quantitative estimate of drug-likeness (QED) is 0.849. The second-order valence-corrected chi connectivity index (χ2v) is 6.25. The maximum absolute atomic E-state index is 12.8. The Labute approximate surface area is 158 Å². The van der Waals surface area contributed by atoms with Crippen LogP contribution in [-0.2, 0) is 0 Å². The summed E-state index contributed by atoms with van der Waals surface area (Å²) in [5.74, 6) is 0.811. The molecule has 0 radical (unpaired) electrons. The number of amides is 3. The summed E-state index contributed by atoms with van der Waals surface area (Å²) in [6.07, 6.45) is 0. The van der Waals surface area contributed by atoms with Crippen LogP contribution in [0.15, 0.2) is 48.5 Å². The molecule has 0 aromatic heterocycles. The van der Waals surface area contributed by atoms with E-state index in [0.29, 0.717) is 30.9 Å². The molecule has 0 unspecified atom stereocenters. The van der Waals surface area contributed by atoms with Crippen LogP contribution >= 0.6 is 0 Å². The number of para-hydroxylation sites is 2. The highest BCUT2D eigenvalue weighted by Gasteiger charge is 2.24. The summed E-state index contributed by atoms with van der Waals surface area (Å²) in [5.41, 5.74) is 7.23. The Morgan fingerprint density at radius 2 is 1.81 bits per heavy atom. The van der Waals surface area contributed by atoms with E-state index < -0.39 is 6.03 Å². The molecular weight excluding hydrogens is 344 g/mol. The number of anilines is 2. The van der Waals surface area contributed by atoms with Gasteiger partial charge in [0.05, 0.1) is 12.3 Å². The third-order valence-electron chi connectivity index (χ3n) is 4.45. The van der Waals surface area contributed by atoms with Gasteiger partial charge in [0, 0.05) is 37.4 Å². The van der Waals surface area contributed by atoms with E-state index in [4.69, 9.17) is 10.5 Å². The highest BCUT2D eigenvalue weighted by Crippen LogP contribution is 2.29. The van der Waals surface area contributed by atoms with Crippen molar-refractivity contribution in [2.75, 3.05) is 43.0 Å². The molecule has 3 rings (SSSR count). The summed E-state index contributed by atoms with van der Waals surface area (Å²) in [6.45, 7) is 5.28. The van der Waals surface area contributed by atoms with Gasteiger partial charge in [-0.25, -0.2) is 4.79 Å². The molecule has 27 heavy (non-hydrogen) atoms. The molecule has 0 spiro atoms. The Kier molecular flexibility index (Phi) is 5.80. The standard InChI is InChI=1S/C20H24N4O3/c1-2-27-18-9-4-3-8-17(18)23-10-12-24(13-11-23)19(25)15-6-5-7-16(14-15)22-20(21)26/h3-9,14H,2,10-13H2,1H3,(H3,21,22,26). The van der Waals surface area contributed by atoms with Crippen LogP contribution in [0.1, 0.15) is 17.3 Å². The van der Waals surface area contributed by atoms with Gasteiger partial charge in [0.1, 0.15) is 5.75 Å². The minimum Gasteiger partial charge on any atom is -0.492 e. The lowest BCUT2D eigenvalue weighted by atomic mass is 10.1. The highest BCUT2D eigenvalue weighted by atomic mass is 16.5. The van der Waals surface area contributed by atoms with Gasteiger partial charge in [-0.05, 0) is 37.3 Å². The van der Waals surface area contributed by atoms with Gasteiger partial charge in [0.15, 0.2) is 0 Å². The van der Waals surface area contributed by atoms with Crippen molar-refractivity contribution in [2.45, 2.75) is 6.92 Å². The van der Waals surface area contributed by atoms with E-state index in [1.165, 1.54) is 0 Å². The maximum atomic E-state index is 12.8. The Morgan fingerprint density at radius 1 is 1.07 bits per heavy atom. The van der Waals surface area contributed by atoms with Crippen LogP contribution < -0.4 is 20.7 Å². The van der Waals surface area contributed by atoms with Crippen molar-refractivity contribution >= 4 is 23.3 Å². The van der Waals surface area contributed by atoms with Crippen LogP contribution in [0.5, 0.6) is 5.75 Å². The molecule has 2 aromatic carbocycles. The second kappa shape index (κ2) is 8.44. The predicted molar refractivity (Wildman–Crippen MR) is 105 cm³/mol. The molecule has 1 aliphatic heterocycles. The van der Waals surface area contributed by atoms with Crippen LogP contribution in [0.3, 0.4) is 0 Å². The van der Waals surface area contributed by atoms with Gasteiger partial charge in [-0.2, -0.15) is 0 Å². The molecule has 0 atom stereocenters. The Hall–Kier alpha value is -3.22. The number of rotatable bonds is 5. The van der Waals surface area contributed by atoms with Crippen molar-refractivity contribution in [3.8, 4) is 5.75 Å². The topological polar surface area (TPSA) is 87.9 Å². The fourth-order valence-electron chi connectivity index (χ4n) is 3.20. The van der Waals surface area contributed by atoms with E-state index in [1.54, 1.807) is 24.3 Å². The van der Waals surface area contributed by atoms with Crippen molar-refractivity contribution in [1.82, 2.24) is 4.90 Å². The lowest BCUT2D eigenvalue weighted by molar-refractivity contribution is 0.0746. The molecule has 2 aromatic rings. The first-order valence-corrected chi connectivity index (χ1v) is 9.01. The van der Waals surface area contributed by atoms with E-state index in [2.05, 4.69) is 10.2 Å². The number of ether oxygens (including phenoxy) is 1. The number of piperazine rings is 1. The van der Waals surface area contributed by atoms with Crippen molar-refractivity contribution in [3.05, 3.63) is 54.1 Å². The summed E-state index contributed by atoms with van der Waals surface area (Å²) >= 11 is 0. The third-order valence-corrected chi connectivity index (χ3v) is 4.45. The summed E-state index contributed by atoms with van der Waals surface area (Å²) in [7, 11) is 0. The van der Waals surface area contributed by atoms with Crippen molar-refractivity contribution < 1.29 is 14.3 Å². The molecule has 1 heterocycles. The van der Waals surface area contributed by atoms with Gasteiger partial charge >= 0.3 is 6.03 Å². The summed E-state index contributed by atoms with van der Waals surface area (Å²) < 4.78 is 5.71. The molecule has 1 fully saturated rings. The third kappa shape index (κ3) is 4.49. The van der Waals surface area contributed by atoms with Gasteiger partial charge in [-0.1, -0.05) is 18.2 Å². The van der Waals surface area contributed by atoms with Crippen molar-refractivity contribution in [1.29, 1.82) is 0 Å². The Balaban J connectivity index is 1.66. The number of carbonyl (C=O) groups is 2. The zero-order valence-corrected chi connectivity index (χ0v) is 15.4. The van der Waals surface area contributed by atoms with Gasteiger partial charge < -0.3 is 25.6 Å². The molecule has 1 saturated heterocycles. The van der Waals surface area contributed by atoms with E-state index in [-0.39, 0.29) is 5.91 Å². The van der Waals surface area contributed by atoms with Gasteiger partial charge in [0.25, 0.3) is 5.91 Å². The monoisotopic (exact) mass is 368 g/mol. The molecule has 7 heteroatoms. The average molecular weight is 368 g/mol. The fourth-order valence-corrected chi connectivity index (χ4v) is 3.20. The van der Waals surface area contributed by atoms with Crippen LogP contribution in [0.25, 0.3) is 0 Å². The molecule has 142 valence electrons. The molecule has 0 saturated carbocycles. The molecule has 7 nitrogen and oxygen atoms in total. The van der Waals surface area contributed by atoms with E-state index in [0.717, 1.165) is 24.5 Å². The van der Waals surface area contributed by atoms with Crippen molar-refractivity contribution in [2.24, 2.45) is 5.73 Å². The lowest BCUT2D eigenvalue weighted by Crippen LogP contribution is -2.48. The van der Waals surface area contributed by atoms with Gasteiger partial charge in [-0.15, -0.1) is 0 Å². The van der Waals surface area contributed by atoms with Gasteiger partial charge in [-0.3, -0.25) is 4.79 Å². The lowest BCUT2D eigenvalue weighted by Gasteiger charge is -2.36. The fraction of sp³-hybridized carbons (Fsp3) is 0.300. The molecular formula is C20H24N4O3. The number of carbonyl (C=O) groups excluding carboxylic acids is 2. The first-order chi connectivity index (χ1) is 13.1. The smallest absolute Gasteiger partial charge is 0.316 e. The Bertz CT molecular complexity index is 816. The summed E-state index contributed by atoms with van der Waals surface area (Å²) in [5, 5.41) is 2.50. The van der Waals surface area contributed by atoms with Crippen molar-refractivity contribution in [3.63, 3.8) is 0 Å². The number of nitrogens with one attached hydrogen (secondary N) is 1. The molecule has 1 aliphatic rings. The molecule has 3 amide bonds. The predicted octanol–water partition coefficient (Wildman–Crippen LogP) is 2.54. The number of nitrogens with zero attached hydrogens (tertiary/aromatic N) is 2. The minimum atomic E-state index is -0.652. The normalized spacial score (nSPS) is 14.0. The van der Waals surface area contributed by atoms with E-state index in [1.807, 2.05) is 36.1 Å². The van der Waals surface area contributed by atoms with E-state index in [9.17, 15) is 9.59 Å². The van der Waals surface area contributed by atoms with Crippen LogP contribution in [0.2, 0.25) is 0 Å². The number of nitrogens with two attached hydrogens (primary N) is 1. The number of benzene rings is 2. The minimum absolute atomic E-state index is 0.0548. The van der Waals surface area contributed by atoms with Gasteiger partial charge in [0.2, 0.25) is 0 Å². The molecule has 3 N–H and O–H groups in total. The zero-order chi connectivity index (χ0) is 19.2. The van der Waals surface area contributed by atoms with Crippen LogP contribution in [-0.4, -0.2) is 49.6 Å². The zero-order valence-electron chi connectivity index (χ0n) is 15.4. The van der Waals surface area contributed by atoms with E-state index >= 15 is 0 Å². The summed E-state index contributed by atoms with van der Waals surface area (Å²) in [6, 6.07) is 14.1. The SMILES string of the molecule is CCOc1ccccc1N1CCN(C(=O)c2cccc(NC(N)=O)c2)CC1. The number of urea groups is 1. The maximum Gasteiger partial charge on any atom is 0.316 e. The number of hydrogen-bond acceptors (Lipinski definition) is 4. The first kappa shape index (κ1) is 18.6. The largest absolute Gasteiger partial charge is 0.492 e. The molecule has 0 bridgehead atoms. The highest BCUT2D eigenvalue weighted by molar-refractivity contribution is 5.96. The first-order valence-electron chi connectivity index (χ1n) is 9.01. The van der Waals surface area contributed by atoms with Crippen LogP contribution in [0, 0.1) is 0 Å².